The lowest BCUT2D eigenvalue weighted by Crippen LogP contribution is -2.12. The van der Waals surface area contributed by atoms with E-state index in [0.717, 1.165) is 28.8 Å². The number of nitrogens with zero attached hydrogens (tertiary/aromatic N) is 4. The summed E-state index contributed by atoms with van der Waals surface area (Å²) in [4.78, 5) is 16.8. The zero-order valence-corrected chi connectivity index (χ0v) is 21.7. The van der Waals surface area contributed by atoms with E-state index in [0.29, 0.717) is 40.2 Å². The van der Waals surface area contributed by atoms with Crippen molar-refractivity contribution < 1.29 is 8.78 Å². The molecule has 41 heavy (non-hydrogen) atoms. The van der Waals surface area contributed by atoms with Crippen LogP contribution in [0, 0.1) is 11.6 Å². The van der Waals surface area contributed by atoms with Crippen molar-refractivity contribution in [2.24, 2.45) is 0 Å². The van der Waals surface area contributed by atoms with Gasteiger partial charge in [-0.25, -0.2) is 18.7 Å². The molecule has 0 atom stereocenters. The van der Waals surface area contributed by atoms with Crippen molar-refractivity contribution in [3.05, 3.63) is 120 Å². The molecule has 0 aliphatic heterocycles. The number of aromatic amines is 2. The maximum atomic E-state index is 15.3. The molecule has 0 radical (unpaired) electrons. The van der Waals surface area contributed by atoms with E-state index in [1.165, 1.54) is 23.8 Å². The minimum atomic E-state index is -0.450. The van der Waals surface area contributed by atoms with Gasteiger partial charge in [0.05, 0.1) is 5.52 Å². The minimum Gasteiger partial charge on any atom is -0.335 e. The van der Waals surface area contributed by atoms with E-state index in [1.807, 2.05) is 36.4 Å². The summed E-state index contributed by atoms with van der Waals surface area (Å²) in [7, 11) is 0. The van der Waals surface area contributed by atoms with Gasteiger partial charge in [-0.1, -0.05) is 42.5 Å². The number of benzene rings is 3. The summed E-state index contributed by atoms with van der Waals surface area (Å²) in [5, 5.41) is 11.2. The van der Waals surface area contributed by atoms with E-state index in [1.54, 1.807) is 30.7 Å². The quantitative estimate of drug-likeness (QED) is 0.206. The fourth-order valence-corrected chi connectivity index (χ4v) is 5.01. The van der Waals surface area contributed by atoms with Crippen LogP contribution in [0.1, 0.15) is 11.1 Å². The number of hydrogen-bond donors (Lipinski definition) is 3. The Labute approximate surface area is 233 Å². The molecule has 200 valence electrons. The van der Waals surface area contributed by atoms with Crippen LogP contribution in [0.4, 0.5) is 8.78 Å². The third-order valence-electron chi connectivity index (χ3n) is 7.03. The lowest BCUT2D eigenvalue weighted by Gasteiger charge is -2.08. The summed E-state index contributed by atoms with van der Waals surface area (Å²) in [6.07, 6.45) is 5.18. The van der Waals surface area contributed by atoms with Crippen molar-refractivity contribution in [1.82, 2.24) is 35.5 Å². The molecule has 0 unspecified atom stereocenters. The Morgan fingerprint density at radius 3 is 2.46 bits per heavy atom. The Hall–Kier alpha value is -5.28. The van der Waals surface area contributed by atoms with E-state index >= 15 is 4.39 Å². The van der Waals surface area contributed by atoms with Crippen LogP contribution in [0.2, 0.25) is 0 Å². The van der Waals surface area contributed by atoms with Crippen molar-refractivity contribution in [3.8, 4) is 33.8 Å². The number of hydrogen-bond acceptors (Lipinski definition) is 5. The van der Waals surface area contributed by atoms with Gasteiger partial charge >= 0.3 is 0 Å². The normalized spacial score (nSPS) is 11.5. The maximum Gasteiger partial charge on any atom is 0.178 e. The van der Waals surface area contributed by atoms with Crippen LogP contribution in [-0.4, -0.2) is 30.1 Å². The first-order chi connectivity index (χ1) is 20.1. The highest BCUT2D eigenvalue weighted by molar-refractivity contribution is 5.97. The summed E-state index contributed by atoms with van der Waals surface area (Å²) in [5.41, 5.74) is 7.23. The van der Waals surface area contributed by atoms with Gasteiger partial charge in [-0.15, -0.1) is 0 Å². The zero-order chi connectivity index (χ0) is 27.8. The number of rotatable bonds is 7. The number of aromatic nitrogens is 6. The van der Waals surface area contributed by atoms with Gasteiger partial charge in [0, 0.05) is 48.2 Å². The minimum absolute atomic E-state index is 0.213. The summed E-state index contributed by atoms with van der Waals surface area (Å²) < 4.78 is 28.8. The lowest BCUT2D eigenvalue weighted by atomic mass is 10.0. The van der Waals surface area contributed by atoms with Crippen LogP contribution >= 0.6 is 0 Å². The Balaban J connectivity index is 1.22. The molecule has 0 amide bonds. The molecule has 0 aliphatic carbocycles. The first kappa shape index (κ1) is 24.7. The second-order valence-electron chi connectivity index (χ2n) is 9.77. The van der Waals surface area contributed by atoms with Crippen molar-refractivity contribution in [2.75, 3.05) is 0 Å². The highest BCUT2D eigenvalue weighted by Gasteiger charge is 2.18. The molecule has 4 aromatic heterocycles. The second kappa shape index (κ2) is 10.4. The average molecular weight is 544 g/mol. The number of imidazole rings is 1. The van der Waals surface area contributed by atoms with E-state index in [2.05, 4.69) is 47.6 Å². The van der Waals surface area contributed by atoms with Gasteiger partial charge < -0.3 is 10.3 Å². The molecule has 7 nitrogen and oxygen atoms in total. The van der Waals surface area contributed by atoms with Crippen LogP contribution in [0.3, 0.4) is 0 Å². The third kappa shape index (κ3) is 4.83. The molecule has 0 bridgehead atoms. The maximum absolute atomic E-state index is 15.3. The second-order valence-corrected chi connectivity index (χ2v) is 9.77. The smallest absolute Gasteiger partial charge is 0.178 e. The van der Waals surface area contributed by atoms with Gasteiger partial charge in [0.15, 0.2) is 17.3 Å². The molecular formula is C32H23F2N7. The van der Waals surface area contributed by atoms with Crippen LogP contribution in [0.15, 0.2) is 97.5 Å². The average Bonchev–Trinajstić information content (AvgIpc) is 3.63. The zero-order valence-electron chi connectivity index (χ0n) is 21.7. The first-order valence-electron chi connectivity index (χ1n) is 13.1. The van der Waals surface area contributed by atoms with Crippen molar-refractivity contribution in [3.63, 3.8) is 0 Å². The largest absolute Gasteiger partial charge is 0.335 e. The molecule has 7 aromatic rings. The SMILES string of the molecule is Fc1ccc(-c2ccnc3nc(-c4[nH]nc5c(F)cc(-c6cncc(CNCc7ccccc7)c6)cc45)[nH]c23)cc1. The van der Waals surface area contributed by atoms with Gasteiger partial charge in [-0.05, 0) is 58.7 Å². The van der Waals surface area contributed by atoms with E-state index in [4.69, 9.17) is 0 Å². The van der Waals surface area contributed by atoms with Crippen LogP contribution in [0.5, 0.6) is 0 Å². The Morgan fingerprint density at radius 2 is 1.61 bits per heavy atom. The molecular weight excluding hydrogens is 520 g/mol. The predicted octanol–water partition coefficient (Wildman–Crippen LogP) is 6.80. The molecule has 3 N–H and O–H groups in total. The summed E-state index contributed by atoms with van der Waals surface area (Å²) in [6.45, 7) is 1.36. The lowest BCUT2D eigenvalue weighted by molar-refractivity contribution is 0.628. The number of halogens is 2. The summed E-state index contributed by atoms with van der Waals surface area (Å²) in [6, 6.07) is 23.6. The van der Waals surface area contributed by atoms with E-state index < -0.39 is 5.82 Å². The Bertz CT molecular complexity index is 2000. The highest BCUT2D eigenvalue weighted by Crippen LogP contribution is 2.34. The van der Waals surface area contributed by atoms with Crippen LogP contribution in [0.25, 0.3) is 55.8 Å². The Morgan fingerprint density at radius 1 is 0.780 bits per heavy atom. The van der Waals surface area contributed by atoms with Crippen molar-refractivity contribution in [2.45, 2.75) is 13.1 Å². The van der Waals surface area contributed by atoms with Gasteiger partial charge in [0.2, 0.25) is 0 Å². The standard InChI is InChI=1S/C32H23F2N7/c33-24-8-6-21(7-9-24)25-10-11-37-31-29(25)38-32(39-31)30-26-13-22(14-27(34)28(26)40-41-30)23-12-20(17-36-18-23)16-35-15-19-4-2-1-3-5-19/h1-14,17-18,35H,15-16H2,(H,40,41)(H,37,38,39). The highest BCUT2D eigenvalue weighted by atomic mass is 19.1. The number of nitrogens with one attached hydrogen (secondary N) is 3. The molecule has 0 spiro atoms. The molecule has 7 rings (SSSR count). The molecule has 0 saturated heterocycles. The molecule has 0 aliphatic rings. The monoisotopic (exact) mass is 543 g/mol. The van der Waals surface area contributed by atoms with Crippen molar-refractivity contribution >= 4 is 22.1 Å². The molecule has 4 heterocycles. The number of fused-ring (bicyclic) bond motifs is 2. The summed E-state index contributed by atoms with van der Waals surface area (Å²) >= 11 is 0. The number of H-pyrrole nitrogens is 2. The van der Waals surface area contributed by atoms with Gasteiger partial charge in [-0.3, -0.25) is 10.1 Å². The molecule has 3 aromatic carbocycles. The van der Waals surface area contributed by atoms with E-state index in [9.17, 15) is 4.39 Å². The Kier molecular flexibility index (Phi) is 6.25. The van der Waals surface area contributed by atoms with Crippen LogP contribution < -0.4 is 5.32 Å². The number of pyridine rings is 2. The van der Waals surface area contributed by atoms with Crippen molar-refractivity contribution in [1.29, 1.82) is 0 Å². The van der Waals surface area contributed by atoms with E-state index in [-0.39, 0.29) is 11.3 Å². The fourth-order valence-electron chi connectivity index (χ4n) is 5.01. The fraction of sp³-hybridized carbons (Fsp3) is 0.0625. The predicted molar refractivity (Wildman–Crippen MR) is 155 cm³/mol. The van der Waals surface area contributed by atoms with Crippen LogP contribution in [-0.2, 0) is 13.1 Å². The molecule has 9 heteroatoms. The topological polar surface area (TPSA) is 95.2 Å². The first-order valence-corrected chi connectivity index (χ1v) is 13.1. The summed E-state index contributed by atoms with van der Waals surface area (Å²) in [5.74, 6) is -0.290. The van der Waals surface area contributed by atoms with Gasteiger partial charge in [-0.2, -0.15) is 5.10 Å². The van der Waals surface area contributed by atoms with Gasteiger partial charge in [0.25, 0.3) is 0 Å². The van der Waals surface area contributed by atoms with Gasteiger partial charge in [0.1, 0.15) is 17.0 Å². The third-order valence-corrected chi connectivity index (χ3v) is 7.03. The molecule has 0 saturated carbocycles. The molecule has 0 fully saturated rings.